The Labute approximate surface area is 169 Å². The molecule has 0 unspecified atom stereocenters. The van der Waals surface area contributed by atoms with Crippen LogP contribution in [0.3, 0.4) is 0 Å². The molecule has 3 N–H and O–H groups in total. The lowest BCUT2D eigenvalue weighted by Crippen LogP contribution is -2.51. The predicted octanol–water partition coefficient (Wildman–Crippen LogP) is 0.806. The maximum atomic E-state index is 12.5. The van der Waals surface area contributed by atoms with Gasteiger partial charge >= 0.3 is 0 Å². The standard InChI is InChI=1S/C19H29N5O3S/c20-18(27)15-5-12-28-19(15)21-16(25)13-22-8-10-23(11-9-22)14-17(26)24-6-3-1-2-4-7-24/h5,12H,1-4,6-11,13-14H2,(H2,20,27)(H,21,25). The van der Waals surface area contributed by atoms with Gasteiger partial charge in [0.25, 0.3) is 5.91 Å². The van der Waals surface area contributed by atoms with Gasteiger partial charge < -0.3 is 16.0 Å². The van der Waals surface area contributed by atoms with E-state index < -0.39 is 5.91 Å². The van der Waals surface area contributed by atoms with Crippen LogP contribution in [-0.2, 0) is 9.59 Å². The quantitative estimate of drug-likeness (QED) is 0.727. The molecular formula is C19H29N5O3S. The minimum Gasteiger partial charge on any atom is -0.366 e. The Hall–Kier alpha value is -1.97. The molecule has 0 bridgehead atoms. The van der Waals surface area contributed by atoms with Gasteiger partial charge in [0, 0.05) is 39.3 Å². The first-order chi connectivity index (χ1) is 13.5. The molecule has 3 heterocycles. The molecule has 0 radical (unpaired) electrons. The van der Waals surface area contributed by atoms with Crippen LogP contribution in [0.1, 0.15) is 36.0 Å². The highest BCUT2D eigenvalue weighted by atomic mass is 32.1. The summed E-state index contributed by atoms with van der Waals surface area (Å²) in [5.41, 5.74) is 5.65. The van der Waals surface area contributed by atoms with E-state index >= 15 is 0 Å². The van der Waals surface area contributed by atoms with Crippen LogP contribution in [0, 0.1) is 0 Å². The zero-order valence-electron chi connectivity index (χ0n) is 16.2. The Morgan fingerprint density at radius 1 is 0.929 bits per heavy atom. The largest absolute Gasteiger partial charge is 0.366 e. The van der Waals surface area contributed by atoms with E-state index in [1.165, 1.54) is 24.2 Å². The molecule has 0 saturated carbocycles. The molecule has 8 nitrogen and oxygen atoms in total. The van der Waals surface area contributed by atoms with Crippen LogP contribution in [0.2, 0.25) is 0 Å². The fourth-order valence-electron chi connectivity index (χ4n) is 3.69. The van der Waals surface area contributed by atoms with Gasteiger partial charge in [-0.15, -0.1) is 11.3 Å². The minimum absolute atomic E-state index is 0.154. The molecule has 2 aliphatic heterocycles. The topological polar surface area (TPSA) is 99.0 Å². The zero-order chi connectivity index (χ0) is 19.9. The van der Waals surface area contributed by atoms with Crippen molar-refractivity contribution in [3.8, 4) is 0 Å². The maximum absolute atomic E-state index is 12.5. The van der Waals surface area contributed by atoms with Crippen molar-refractivity contribution >= 4 is 34.1 Å². The molecular weight excluding hydrogens is 378 g/mol. The van der Waals surface area contributed by atoms with Crippen LogP contribution in [-0.4, -0.2) is 84.8 Å². The molecule has 0 aromatic carbocycles. The number of nitrogens with two attached hydrogens (primary N) is 1. The van der Waals surface area contributed by atoms with E-state index in [9.17, 15) is 14.4 Å². The fraction of sp³-hybridized carbons (Fsp3) is 0.632. The van der Waals surface area contributed by atoms with E-state index in [1.807, 2.05) is 4.90 Å². The van der Waals surface area contributed by atoms with Gasteiger partial charge in [-0.3, -0.25) is 24.2 Å². The van der Waals surface area contributed by atoms with Crippen molar-refractivity contribution in [3.05, 3.63) is 17.0 Å². The molecule has 2 fully saturated rings. The Kier molecular flexibility index (Phi) is 7.41. The minimum atomic E-state index is -0.542. The lowest BCUT2D eigenvalue weighted by Gasteiger charge is -2.34. The second kappa shape index (κ2) is 9.99. The van der Waals surface area contributed by atoms with Crippen molar-refractivity contribution in [2.24, 2.45) is 5.73 Å². The van der Waals surface area contributed by atoms with Gasteiger partial charge in [-0.1, -0.05) is 12.8 Å². The Balaban J connectivity index is 1.40. The molecule has 0 aliphatic carbocycles. The van der Waals surface area contributed by atoms with Crippen LogP contribution in [0.5, 0.6) is 0 Å². The smallest absolute Gasteiger partial charge is 0.251 e. The zero-order valence-corrected chi connectivity index (χ0v) is 17.0. The summed E-state index contributed by atoms with van der Waals surface area (Å²) < 4.78 is 0. The van der Waals surface area contributed by atoms with E-state index in [-0.39, 0.29) is 18.4 Å². The van der Waals surface area contributed by atoms with Gasteiger partial charge in [-0.2, -0.15) is 0 Å². The Morgan fingerprint density at radius 2 is 1.54 bits per heavy atom. The molecule has 2 aliphatic rings. The highest BCUT2D eigenvalue weighted by Gasteiger charge is 2.23. The summed E-state index contributed by atoms with van der Waals surface area (Å²) in [5, 5.41) is 5.01. The number of hydrogen-bond acceptors (Lipinski definition) is 6. The molecule has 0 atom stereocenters. The van der Waals surface area contributed by atoms with E-state index in [2.05, 4.69) is 15.1 Å². The van der Waals surface area contributed by atoms with Crippen molar-refractivity contribution in [3.63, 3.8) is 0 Å². The maximum Gasteiger partial charge on any atom is 0.251 e. The summed E-state index contributed by atoms with van der Waals surface area (Å²) >= 11 is 1.29. The van der Waals surface area contributed by atoms with Crippen molar-refractivity contribution in [2.75, 3.05) is 57.7 Å². The number of primary amides is 1. The normalized spacial score (nSPS) is 19.2. The molecule has 0 spiro atoms. The van der Waals surface area contributed by atoms with Gasteiger partial charge in [0.15, 0.2) is 0 Å². The second-order valence-corrected chi connectivity index (χ2v) is 8.34. The van der Waals surface area contributed by atoms with Crippen LogP contribution >= 0.6 is 11.3 Å². The molecule has 9 heteroatoms. The first-order valence-corrected chi connectivity index (χ1v) is 10.8. The summed E-state index contributed by atoms with van der Waals surface area (Å²) in [7, 11) is 0. The average molecular weight is 408 g/mol. The summed E-state index contributed by atoms with van der Waals surface area (Å²) in [6.07, 6.45) is 4.65. The molecule has 3 rings (SSSR count). The van der Waals surface area contributed by atoms with Crippen LogP contribution in [0.15, 0.2) is 11.4 Å². The second-order valence-electron chi connectivity index (χ2n) is 7.42. The number of thiophene rings is 1. The summed E-state index contributed by atoms with van der Waals surface area (Å²) in [5.74, 6) is -0.469. The van der Waals surface area contributed by atoms with E-state index in [1.54, 1.807) is 11.4 Å². The number of amides is 3. The third kappa shape index (κ3) is 5.76. The number of anilines is 1. The monoisotopic (exact) mass is 407 g/mol. The third-order valence-electron chi connectivity index (χ3n) is 5.33. The van der Waals surface area contributed by atoms with Crippen molar-refractivity contribution in [1.29, 1.82) is 0 Å². The van der Waals surface area contributed by atoms with Crippen molar-refractivity contribution in [2.45, 2.75) is 25.7 Å². The molecule has 1 aromatic rings. The number of hydrogen-bond donors (Lipinski definition) is 2. The third-order valence-corrected chi connectivity index (χ3v) is 6.16. The summed E-state index contributed by atoms with van der Waals surface area (Å²) in [6.45, 7) is 5.55. The number of nitrogens with zero attached hydrogens (tertiary/aromatic N) is 3. The van der Waals surface area contributed by atoms with Gasteiger partial charge in [-0.05, 0) is 24.3 Å². The number of carbonyl (C=O) groups excluding carboxylic acids is 3. The van der Waals surface area contributed by atoms with Crippen molar-refractivity contribution < 1.29 is 14.4 Å². The van der Waals surface area contributed by atoms with Crippen molar-refractivity contribution in [1.82, 2.24) is 14.7 Å². The number of carbonyl (C=O) groups is 3. The first-order valence-electron chi connectivity index (χ1n) is 9.92. The van der Waals surface area contributed by atoms with Gasteiger partial charge in [0.1, 0.15) is 5.00 Å². The summed E-state index contributed by atoms with van der Waals surface area (Å²) in [4.78, 5) is 42.4. The molecule has 28 heavy (non-hydrogen) atoms. The number of piperazine rings is 1. The van der Waals surface area contributed by atoms with Crippen LogP contribution in [0.25, 0.3) is 0 Å². The molecule has 154 valence electrons. The summed E-state index contributed by atoms with van der Waals surface area (Å²) in [6, 6.07) is 1.61. The average Bonchev–Trinajstić information content (AvgIpc) is 2.95. The Bertz CT molecular complexity index is 691. The van der Waals surface area contributed by atoms with Gasteiger partial charge in [-0.25, -0.2) is 0 Å². The van der Waals surface area contributed by atoms with E-state index in [0.29, 0.717) is 17.1 Å². The van der Waals surface area contributed by atoms with Crippen LogP contribution in [0.4, 0.5) is 5.00 Å². The van der Waals surface area contributed by atoms with E-state index in [4.69, 9.17) is 5.73 Å². The highest BCUT2D eigenvalue weighted by Crippen LogP contribution is 2.22. The number of nitrogens with one attached hydrogen (secondary N) is 1. The number of likely N-dealkylation sites (tertiary alicyclic amines) is 1. The number of rotatable bonds is 6. The fourth-order valence-corrected chi connectivity index (χ4v) is 4.49. The lowest BCUT2D eigenvalue weighted by molar-refractivity contribution is -0.133. The molecule has 3 amide bonds. The van der Waals surface area contributed by atoms with Gasteiger partial charge in [0.2, 0.25) is 11.8 Å². The SMILES string of the molecule is NC(=O)c1ccsc1NC(=O)CN1CCN(CC(=O)N2CCCCCC2)CC1. The van der Waals surface area contributed by atoms with E-state index in [0.717, 1.165) is 52.1 Å². The predicted molar refractivity (Wildman–Crippen MR) is 109 cm³/mol. The first kappa shape index (κ1) is 20.8. The molecule has 1 aromatic heterocycles. The Morgan fingerprint density at radius 3 is 2.14 bits per heavy atom. The lowest BCUT2D eigenvalue weighted by atomic mass is 10.2. The van der Waals surface area contributed by atoms with Crippen LogP contribution < -0.4 is 11.1 Å². The van der Waals surface area contributed by atoms with Gasteiger partial charge in [0.05, 0.1) is 18.7 Å². The molecule has 2 saturated heterocycles. The highest BCUT2D eigenvalue weighted by molar-refractivity contribution is 7.14.